The zero-order valence-corrected chi connectivity index (χ0v) is 27.7. The van der Waals surface area contributed by atoms with Gasteiger partial charge in [-0.2, -0.15) is 4.31 Å². The number of aryl methyl sites for hydroxylation is 1. The Morgan fingerprint density at radius 3 is 2.49 bits per heavy atom. The summed E-state index contributed by atoms with van der Waals surface area (Å²) in [5, 5.41) is 41.7. The molecule has 0 radical (unpaired) electrons. The summed E-state index contributed by atoms with van der Waals surface area (Å²) in [6.45, 7) is 6.67. The number of benzene rings is 2. The second-order valence-corrected chi connectivity index (χ2v) is 13.7. The molecule has 1 aromatic heterocycles. The van der Waals surface area contributed by atoms with E-state index in [0.29, 0.717) is 10.6 Å². The third-order valence-electron chi connectivity index (χ3n) is 8.06. The van der Waals surface area contributed by atoms with Gasteiger partial charge in [0, 0.05) is 43.5 Å². The second-order valence-electron chi connectivity index (χ2n) is 11.5. The normalized spacial score (nSPS) is 14.3. The number of halogens is 1. The molecule has 1 amide bonds. The molecule has 10 nitrogen and oxygen atoms in total. The van der Waals surface area contributed by atoms with Crippen LogP contribution in [-0.4, -0.2) is 82.0 Å². The van der Waals surface area contributed by atoms with E-state index in [1.807, 2.05) is 50.4 Å². The summed E-state index contributed by atoms with van der Waals surface area (Å²) in [5.41, 5.74) is 3.14. The number of aromatic nitrogens is 1. The standard InChI is InChI=1S/C33H44ClN3O7S/c1-5-23-20-35-16-14-26(23)24-9-6-10-25(19-24)33(3,4)37(45(43,44)30-12-7-11-27(34)22(30)2)17-8-13-31(41)36-21-29(40)32(42)28(39)15-18-38/h6-7,9-12,14,16,19-20,28-29,32,38-40,42H,5,8,13,15,17-18,21H2,1-4H3,(H,36,41)/t28-,29+,32+/m0/s1. The summed E-state index contributed by atoms with van der Waals surface area (Å²) in [6, 6.07) is 14.4. The highest BCUT2D eigenvalue weighted by Crippen LogP contribution is 2.37. The van der Waals surface area contributed by atoms with Crippen molar-refractivity contribution in [3.05, 3.63) is 82.6 Å². The molecule has 12 heteroatoms. The molecule has 0 saturated carbocycles. The number of hydrogen-bond donors (Lipinski definition) is 5. The van der Waals surface area contributed by atoms with E-state index >= 15 is 0 Å². The SMILES string of the molecule is CCc1cnccc1-c1cccc(C(C)(C)N(CCCC(=O)NC[C@@H](O)[C@H](O)[C@@H](O)CCO)S(=O)(=O)c2cccc(Cl)c2C)c1. The maximum absolute atomic E-state index is 14.3. The van der Waals surface area contributed by atoms with Crippen LogP contribution in [0.15, 0.2) is 65.8 Å². The smallest absolute Gasteiger partial charge is 0.244 e. The number of nitrogens with zero attached hydrogens (tertiary/aromatic N) is 2. The van der Waals surface area contributed by atoms with E-state index in [1.165, 1.54) is 10.4 Å². The van der Waals surface area contributed by atoms with E-state index in [-0.39, 0.29) is 43.9 Å². The van der Waals surface area contributed by atoms with Crippen molar-refractivity contribution < 1.29 is 33.6 Å². The molecular formula is C33H44ClN3O7S. The van der Waals surface area contributed by atoms with Gasteiger partial charge in [0.2, 0.25) is 15.9 Å². The minimum atomic E-state index is -4.11. The lowest BCUT2D eigenvalue weighted by molar-refractivity contribution is -0.122. The van der Waals surface area contributed by atoms with Crippen LogP contribution in [0.25, 0.3) is 11.1 Å². The van der Waals surface area contributed by atoms with Crippen molar-refractivity contribution in [3.8, 4) is 11.1 Å². The van der Waals surface area contributed by atoms with Crippen molar-refractivity contribution >= 4 is 27.5 Å². The molecule has 45 heavy (non-hydrogen) atoms. The van der Waals surface area contributed by atoms with E-state index in [9.17, 15) is 28.5 Å². The van der Waals surface area contributed by atoms with Gasteiger partial charge in [0.05, 0.1) is 22.6 Å². The first-order valence-electron chi connectivity index (χ1n) is 15.0. The van der Waals surface area contributed by atoms with Crippen LogP contribution in [0.2, 0.25) is 5.02 Å². The molecule has 3 rings (SSSR count). The van der Waals surface area contributed by atoms with Gasteiger partial charge in [-0.15, -0.1) is 0 Å². The summed E-state index contributed by atoms with van der Waals surface area (Å²) in [5.74, 6) is -0.459. The number of carbonyl (C=O) groups excluding carboxylic acids is 1. The lowest BCUT2D eigenvalue weighted by Crippen LogP contribution is -2.47. The maximum Gasteiger partial charge on any atom is 0.244 e. The van der Waals surface area contributed by atoms with Gasteiger partial charge in [-0.05, 0) is 92.1 Å². The Morgan fingerprint density at radius 1 is 1.09 bits per heavy atom. The number of sulfonamides is 1. The van der Waals surface area contributed by atoms with E-state index in [2.05, 4.69) is 17.2 Å². The Labute approximate surface area is 270 Å². The average Bonchev–Trinajstić information content (AvgIpc) is 3.02. The van der Waals surface area contributed by atoms with Crippen LogP contribution in [0.3, 0.4) is 0 Å². The number of hydrogen-bond acceptors (Lipinski definition) is 8. The number of aliphatic hydroxyl groups is 4. The maximum atomic E-state index is 14.3. The minimum absolute atomic E-state index is 0.00516. The van der Waals surface area contributed by atoms with Crippen LogP contribution in [0.5, 0.6) is 0 Å². The van der Waals surface area contributed by atoms with E-state index in [1.54, 1.807) is 25.3 Å². The number of nitrogens with one attached hydrogen (secondary N) is 1. The van der Waals surface area contributed by atoms with Crippen molar-refractivity contribution in [1.29, 1.82) is 0 Å². The first-order chi connectivity index (χ1) is 21.2. The lowest BCUT2D eigenvalue weighted by Gasteiger charge is -2.38. The van der Waals surface area contributed by atoms with Crippen molar-refractivity contribution in [1.82, 2.24) is 14.6 Å². The second kappa shape index (κ2) is 16.1. The Hall–Kier alpha value is -2.90. The van der Waals surface area contributed by atoms with Gasteiger partial charge in [-0.25, -0.2) is 8.42 Å². The summed E-state index contributed by atoms with van der Waals surface area (Å²) in [7, 11) is -4.11. The molecule has 1 heterocycles. The van der Waals surface area contributed by atoms with Gasteiger partial charge in [-0.1, -0.05) is 42.8 Å². The van der Waals surface area contributed by atoms with Crippen LogP contribution < -0.4 is 5.32 Å². The van der Waals surface area contributed by atoms with Crippen molar-refractivity contribution in [3.63, 3.8) is 0 Å². The third kappa shape index (κ3) is 8.88. The molecule has 0 saturated heterocycles. The first-order valence-corrected chi connectivity index (χ1v) is 16.8. The average molecular weight is 662 g/mol. The lowest BCUT2D eigenvalue weighted by atomic mass is 9.90. The predicted molar refractivity (Wildman–Crippen MR) is 174 cm³/mol. The monoisotopic (exact) mass is 661 g/mol. The number of pyridine rings is 1. The number of carbonyl (C=O) groups is 1. The topological polar surface area (TPSA) is 160 Å². The van der Waals surface area contributed by atoms with Crippen molar-refractivity contribution in [2.45, 2.75) is 82.1 Å². The van der Waals surface area contributed by atoms with Gasteiger partial charge in [0.1, 0.15) is 6.10 Å². The van der Waals surface area contributed by atoms with E-state index < -0.39 is 39.8 Å². The minimum Gasteiger partial charge on any atom is -0.396 e. The Bertz CT molecular complexity index is 1550. The quantitative estimate of drug-likeness (QED) is 0.156. The van der Waals surface area contributed by atoms with Crippen LogP contribution in [0.4, 0.5) is 0 Å². The summed E-state index contributed by atoms with van der Waals surface area (Å²) >= 11 is 6.33. The van der Waals surface area contributed by atoms with Gasteiger partial charge < -0.3 is 25.7 Å². The largest absolute Gasteiger partial charge is 0.396 e. The van der Waals surface area contributed by atoms with Crippen LogP contribution >= 0.6 is 11.6 Å². The predicted octanol–water partition coefficient (Wildman–Crippen LogP) is 3.56. The van der Waals surface area contributed by atoms with Crippen LogP contribution in [0, 0.1) is 6.92 Å². The molecule has 246 valence electrons. The fourth-order valence-corrected chi connectivity index (χ4v) is 7.55. The zero-order chi connectivity index (χ0) is 33.4. The zero-order valence-electron chi connectivity index (χ0n) is 26.1. The van der Waals surface area contributed by atoms with E-state index in [4.69, 9.17) is 16.7 Å². The number of rotatable bonds is 16. The highest BCUT2D eigenvalue weighted by molar-refractivity contribution is 7.89. The Balaban J connectivity index is 1.89. The van der Waals surface area contributed by atoms with Gasteiger partial charge >= 0.3 is 0 Å². The van der Waals surface area contributed by atoms with Gasteiger partial charge in [0.25, 0.3) is 0 Å². The molecule has 0 aliphatic heterocycles. The van der Waals surface area contributed by atoms with Crippen LogP contribution in [0.1, 0.15) is 56.7 Å². The molecule has 0 aliphatic rings. The fraction of sp³-hybridized carbons (Fsp3) is 0.455. The molecule has 5 N–H and O–H groups in total. The molecular weight excluding hydrogens is 618 g/mol. The third-order valence-corrected chi connectivity index (χ3v) is 10.7. The Morgan fingerprint density at radius 2 is 1.80 bits per heavy atom. The Kier molecular flexibility index (Phi) is 13.1. The highest BCUT2D eigenvalue weighted by atomic mass is 35.5. The molecule has 3 aromatic rings. The molecule has 0 fully saturated rings. The molecule has 0 bridgehead atoms. The van der Waals surface area contributed by atoms with Gasteiger partial charge in [-0.3, -0.25) is 9.78 Å². The van der Waals surface area contributed by atoms with Gasteiger partial charge in [0.15, 0.2) is 0 Å². The number of amides is 1. The molecule has 0 spiro atoms. The van der Waals surface area contributed by atoms with E-state index in [0.717, 1.165) is 28.7 Å². The molecule has 3 atom stereocenters. The first kappa shape index (κ1) is 36.6. The summed E-state index contributed by atoms with van der Waals surface area (Å²) in [4.78, 5) is 17.0. The number of aliphatic hydroxyl groups excluding tert-OH is 4. The molecule has 2 aromatic carbocycles. The summed E-state index contributed by atoms with van der Waals surface area (Å²) in [6.07, 6.45) is -0.0195. The van der Waals surface area contributed by atoms with Crippen molar-refractivity contribution in [2.75, 3.05) is 19.7 Å². The fourth-order valence-electron chi connectivity index (χ4n) is 5.26. The summed E-state index contributed by atoms with van der Waals surface area (Å²) < 4.78 is 30.0. The molecule has 0 unspecified atom stereocenters. The highest BCUT2D eigenvalue weighted by Gasteiger charge is 2.39. The molecule has 0 aliphatic carbocycles. The van der Waals surface area contributed by atoms with Crippen molar-refractivity contribution in [2.24, 2.45) is 0 Å². The van der Waals surface area contributed by atoms with Crippen LogP contribution in [-0.2, 0) is 26.8 Å².